The number of aromatic amines is 1. The first-order chi connectivity index (χ1) is 6.65. The van der Waals surface area contributed by atoms with E-state index < -0.39 is 5.97 Å². The molecule has 0 aromatic carbocycles. The van der Waals surface area contributed by atoms with Crippen LogP contribution in [0, 0.1) is 13.8 Å². The molecule has 14 heavy (non-hydrogen) atoms. The van der Waals surface area contributed by atoms with Gasteiger partial charge in [0.2, 0.25) is 0 Å². The third-order valence-electron chi connectivity index (χ3n) is 2.08. The fourth-order valence-electron chi connectivity index (χ4n) is 1.39. The van der Waals surface area contributed by atoms with E-state index in [4.69, 9.17) is 0 Å². The van der Waals surface area contributed by atoms with Crippen LogP contribution in [0.25, 0.3) is 5.65 Å². The molecule has 2 heterocycles. The average molecular weight is 194 g/mol. The number of rotatable bonds is 1. The zero-order valence-corrected chi connectivity index (χ0v) is 8.16. The topological polar surface area (TPSA) is 72.3 Å². The van der Waals surface area contributed by atoms with E-state index in [0.29, 0.717) is 22.7 Å². The molecule has 2 aromatic heterocycles. The number of hydrogen-bond acceptors (Lipinski definition) is 4. The lowest BCUT2D eigenvalue weighted by atomic mass is 10.2. The molecule has 0 atom stereocenters. The predicted octanol–water partition coefficient (Wildman–Crippen LogP) is 0.461. The summed E-state index contributed by atoms with van der Waals surface area (Å²) in [6.45, 7) is 3.56. The molecule has 0 aliphatic heterocycles. The number of H-pyrrole nitrogens is 1. The van der Waals surface area contributed by atoms with E-state index in [1.807, 2.05) is 0 Å². The van der Waals surface area contributed by atoms with Crippen molar-refractivity contribution >= 4 is 11.6 Å². The summed E-state index contributed by atoms with van der Waals surface area (Å²) in [7, 11) is 1.34. The van der Waals surface area contributed by atoms with Crippen LogP contribution in [0.4, 0.5) is 0 Å². The number of carbonyl (C=O) groups is 1. The molecule has 0 amide bonds. The maximum Gasteiger partial charge on any atom is 0.343 e. The maximum atomic E-state index is 11.4. The van der Waals surface area contributed by atoms with Crippen LogP contribution in [0.3, 0.4) is 0 Å². The molecule has 74 valence electrons. The first-order valence-electron chi connectivity index (χ1n) is 4.13. The molecule has 0 saturated heterocycles. The van der Waals surface area contributed by atoms with E-state index in [-0.39, 0.29) is 0 Å². The summed E-state index contributed by atoms with van der Waals surface area (Å²) in [5, 5.41) is 10.8. The number of carbonyl (C=O) groups excluding carboxylic acids is 1. The number of nitrogens with zero attached hydrogens (tertiary/aromatic N) is 3. The van der Waals surface area contributed by atoms with Gasteiger partial charge in [-0.15, -0.1) is 0 Å². The normalized spacial score (nSPS) is 10.8. The number of aryl methyl sites for hydroxylation is 2. The van der Waals surface area contributed by atoms with Crippen molar-refractivity contribution < 1.29 is 9.53 Å². The summed E-state index contributed by atoms with van der Waals surface area (Å²) in [5.74, 6) is 0.305. The molecular formula is C8H10N4O2. The van der Waals surface area contributed by atoms with Gasteiger partial charge in [0, 0.05) is 0 Å². The number of hydrogen-bond donors (Lipinski definition) is 1. The molecule has 0 aliphatic carbocycles. The highest BCUT2D eigenvalue weighted by atomic mass is 16.5. The zero-order valence-electron chi connectivity index (χ0n) is 8.16. The molecule has 2 aromatic rings. The molecule has 6 heteroatoms. The SMILES string of the molecule is COC(=O)c1c(C)nn2c(C)n[nH]c12. The van der Waals surface area contributed by atoms with Gasteiger partial charge in [0.15, 0.2) is 5.65 Å². The highest BCUT2D eigenvalue weighted by Crippen LogP contribution is 2.14. The Morgan fingerprint density at radius 3 is 2.86 bits per heavy atom. The van der Waals surface area contributed by atoms with E-state index in [1.165, 1.54) is 7.11 Å². The van der Waals surface area contributed by atoms with Crippen LogP contribution < -0.4 is 0 Å². The highest BCUT2D eigenvalue weighted by molar-refractivity contribution is 5.97. The van der Waals surface area contributed by atoms with Crippen molar-refractivity contribution in [3.05, 3.63) is 17.1 Å². The minimum atomic E-state index is -0.402. The van der Waals surface area contributed by atoms with Gasteiger partial charge in [0.05, 0.1) is 12.8 Å². The zero-order chi connectivity index (χ0) is 10.3. The molecule has 0 radical (unpaired) electrons. The van der Waals surface area contributed by atoms with E-state index in [2.05, 4.69) is 20.0 Å². The number of esters is 1. The van der Waals surface area contributed by atoms with E-state index >= 15 is 0 Å². The molecular weight excluding hydrogens is 184 g/mol. The molecule has 1 N–H and O–H groups in total. The Balaban J connectivity index is 2.74. The fourth-order valence-corrected chi connectivity index (χ4v) is 1.39. The Morgan fingerprint density at radius 2 is 2.21 bits per heavy atom. The summed E-state index contributed by atoms with van der Waals surface area (Å²) in [6.07, 6.45) is 0. The minimum absolute atomic E-state index is 0.402. The summed E-state index contributed by atoms with van der Waals surface area (Å²) in [6, 6.07) is 0. The summed E-state index contributed by atoms with van der Waals surface area (Å²) >= 11 is 0. The summed E-state index contributed by atoms with van der Waals surface area (Å²) < 4.78 is 6.24. The van der Waals surface area contributed by atoms with Crippen LogP contribution in [0.15, 0.2) is 0 Å². The summed E-state index contributed by atoms with van der Waals surface area (Å²) in [4.78, 5) is 11.4. The van der Waals surface area contributed by atoms with Crippen LogP contribution in [-0.2, 0) is 4.74 Å². The quantitative estimate of drug-likeness (QED) is 0.669. The Labute approximate surface area is 79.9 Å². The van der Waals surface area contributed by atoms with Crippen molar-refractivity contribution in [3.63, 3.8) is 0 Å². The maximum absolute atomic E-state index is 11.4. The van der Waals surface area contributed by atoms with Crippen molar-refractivity contribution in [1.82, 2.24) is 19.8 Å². The van der Waals surface area contributed by atoms with Gasteiger partial charge < -0.3 is 4.74 Å². The Hall–Kier alpha value is -1.85. The number of methoxy groups -OCH3 is 1. The van der Waals surface area contributed by atoms with Gasteiger partial charge in [0.1, 0.15) is 11.4 Å². The first-order valence-corrected chi connectivity index (χ1v) is 4.13. The lowest BCUT2D eigenvalue weighted by Gasteiger charge is -1.94. The third kappa shape index (κ3) is 1.00. The smallest absolute Gasteiger partial charge is 0.343 e. The van der Waals surface area contributed by atoms with Gasteiger partial charge in [-0.05, 0) is 13.8 Å². The van der Waals surface area contributed by atoms with Crippen LogP contribution in [0.5, 0.6) is 0 Å². The van der Waals surface area contributed by atoms with Crippen molar-refractivity contribution in [3.8, 4) is 0 Å². The van der Waals surface area contributed by atoms with Crippen LogP contribution in [0.1, 0.15) is 21.9 Å². The second-order valence-electron chi connectivity index (χ2n) is 2.98. The number of nitrogens with one attached hydrogen (secondary N) is 1. The Morgan fingerprint density at radius 1 is 1.50 bits per heavy atom. The number of ether oxygens (including phenoxy) is 1. The van der Waals surface area contributed by atoms with Gasteiger partial charge in [-0.2, -0.15) is 14.7 Å². The molecule has 0 unspecified atom stereocenters. The number of fused-ring (bicyclic) bond motifs is 1. The highest BCUT2D eigenvalue weighted by Gasteiger charge is 2.19. The lowest BCUT2D eigenvalue weighted by molar-refractivity contribution is 0.0602. The van der Waals surface area contributed by atoms with Crippen molar-refractivity contribution in [2.24, 2.45) is 0 Å². The summed E-state index contributed by atoms with van der Waals surface area (Å²) in [5.41, 5.74) is 1.65. The van der Waals surface area contributed by atoms with Crippen molar-refractivity contribution in [1.29, 1.82) is 0 Å². The molecule has 0 bridgehead atoms. The predicted molar refractivity (Wildman–Crippen MR) is 48.2 cm³/mol. The largest absolute Gasteiger partial charge is 0.465 e. The second-order valence-corrected chi connectivity index (χ2v) is 2.98. The third-order valence-corrected chi connectivity index (χ3v) is 2.08. The lowest BCUT2D eigenvalue weighted by Crippen LogP contribution is -2.02. The minimum Gasteiger partial charge on any atom is -0.465 e. The van der Waals surface area contributed by atoms with Crippen molar-refractivity contribution in [2.45, 2.75) is 13.8 Å². The molecule has 0 fully saturated rings. The second kappa shape index (κ2) is 2.83. The van der Waals surface area contributed by atoms with Gasteiger partial charge in [0.25, 0.3) is 0 Å². The molecule has 0 saturated carbocycles. The van der Waals surface area contributed by atoms with Gasteiger partial charge in [-0.3, -0.25) is 5.10 Å². The average Bonchev–Trinajstić information content (AvgIpc) is 2.65. The molecule has 0 aliphatic rings. The monoisotopic (exact) mass is 194 g/mol. The van der Waals surface area contributed by atoms with Crippen LogP contribution in [0.2, 0.25) is 0 Å². The molecule has 6 nitrogen and oxygen atoms in total. The fraction of sp³-hybridized carbons (Fsp3) is 0.375. The first kappa shape index (κ1) is 8.74. The van der Waals surface area contributed by atoms with Crippen molar-refractivity contribution in [2.75, 3.05) is 7.11 Å². The Kier molecular flexibility index (Phi) is 1.77. The van der Waals surface area contributed by atoms with Crippen LogP contribution in [-0.4, -0.2) is 32.9 Å². The van der Waals surface area contributed by atoms with Gasteiger partial charge >= 0.3 is 5.97 Å². The van der Waals surface area contributed by atoms with Crippen LogP contribution >= 0.6 is 0 Å². The van der Waals surface area contributed by atoms with E-state index in [0.717, 1.165) is 0 Å². The standard InChI is InChI=1S/C8H10N4O2/c1-4-6(8(13)14-3)7-10-9-5(2)12(7)11-4/h10H,1-3H3. The van der Waals surface area contributed by atoms with Gasteiger partial charge in [-0.25, -0.2) is 4.79 Å². The molecule has 2 rings (SSSR count). The molecule has 0 spiro atoms. The Bertz CT molecular complexity index is 497. The van der Waals surface area contributed by atoms with E-state index in [9.17, 15) is 4.79 Å². The van der Waals surface area contributed by atoms with Gasteiger partial charge in [-0.1, -0.05) is 0 Å². The number of aromatic nitrogens is 4. The van der Waals surface area contributed by atoms with E-state index in [1.54, 1.807) is 18.4 Å².